The van der Waals surface area contributed by atoms with Crippen LogP contribution in [0.2, 0.25) is 0 Å². The van der Waals surface area contributed by atoms with Gasteiger partial charge in [0.1, 0.15) is 0 Å². The largest absolute Gasteiger partial charge is 0.214 e. The Kier molecular flexibility index (Phi) is 8.53. The predicted molar refractivity (Wildman–Crippen MR) is 110 cm³/mol. The molecule has 0 bridgehead atoms. The van der Waals surface area contributed by atoms with E-state index in [0.717, 1.165) is 18.3 Å². The van der Waals surface area contributed by atoms with Gasteiger partial charge < -0.3 is 0 Å². The maximum absolute atomic E-state index is 3.30. The zero-order valence-corrected chi connectivity index (χ0v) is 18.7. The smallest absolute Gasteiger partial charge is 0.0253 e. The van der Waals surface area contributed by atoms with E-state index < -0.39 is 0 Å². The number of hydrogen-bond acceptors (Lipinski definition) is 0. The van der Waals surface area contributed by atoms with E-state index in [0.29, 0.717) is 0 Å². The maximum atomic E-state index is 3.30. The van der Waals surface area contributed by atoms with Crippen LogP contribution < -0.4 is 0 Å². The van der Waals surface area contributed by atoms with Crippen molar-refractivity contribution in [3.8, 4) is 11.1 Å². The summed E-state index contributed by atoms with van der Waals surface area (Å²) in [7, 11) is 0. The topological polar surface area (TPSA) is 0 Å². The Balaban J connectivity index is 0.000000160. The predicted octanol–water partition coefficient (Wildman–Crippen LogP) is 6.48. The van der Waals surface area contributed by atoms with Gasteiger partial charge in [0.05, 0.1) is 0 Å². The summed E-state index contributed by atoms with van der Waals surface area (Å²) in [5.41, 5.74) is 5.51. The third-order valence-electron chi connectivity index (χ3n) is 4.42. The monoisotopic (exact) mass is 418 g/mol. The normalized spacial score (nSPS) is 11.1. The van der Waals surface area contributed by atoms with Gasteiger partial charge in [-0.25, -0.2) is 12.1 Å². The van der Waals surface area contributed by atoms with Crippen LogP contribution in [0.5, 0.6) is 0 Å². The first-order valence-electron chi connectivity index (χ1n) is 9.33. The van der Waals surface area contributed by atoms with Crippen LogP contribution >= 0.6 is 0 Å². The van der Waals surface area contributed by atoms with E-state index in [-0.39, 0.29) is 0 Å². The molecule has 1 aliphatic rings. The first-order valence-corrected chi connectivity index (χ1v) is 10.6. The molecule has 0 amide bonds. The Morgan fingerprint density at radius 3 is 2.04 bits per heavy atom. The zero-order chi connectivity index (χ0) is 18.9. The van der Waals surface area contributed by atoms with Crippen LogP contribution in [0.25, 0.3) is 11.1 Å². The molecule has 1 heteroatoms. The van der Waals surface area contributed by atoms with E-state index in [4.69, 9.17) is 0 Å². The molecule has 1 aliphatic carbocycles. The molecule has 0 spiro atoms. The molecule has 0 nitrogen and oxygen atoms in total. The van der Waals surface area contributed by atoms with Crippen LogP contribution in [0.4, 0.5) is 0 Å². The second-order valence-electron chi connectivity index (χ2n) is 7.12. The Hall–Kier alpha value is -1.46. The van der Waals surface area contributed by atoms with Crippen molar-refractivity contribution >= 4 is 3.21 Å². The summed E-state index contributed by atoms with van der Waals surface area (Å²) in [6.45, 7) is 9.07. The van der Waals surface area contributed by atoms with E-state index in [1.165, 1.54) is 22.3 Å². The molecule has 0 saturated carbocycles. The van der Waals surface area contributed by atoms with Crippen molar-refractivity contribution in [1.82, 2.24) is 0 Å². The summed E-state index contributed by atoms with van der Waals surface area (Å²) in [5, 5.41) is 0. The van der Waals surface area contributed by atoms with E-state index in [2.05, 4.69) is 70.2 Å². The summed E-state index contributed by atoms with van der Waals surface area (Å²) in [4.78, 5) is 0. The van der Waals surface area contributed by atoms with Crippen molar-refractivity contribution in [3.05, 3.63) is 90.0 Å². The van der Waals surface area contributed by atoms with Crippen LogP contribution in [0.3, 0.4) is 0 Å². The minimum absolute atomic E-state index is 0.799. The average Bonchev–Trinajstić information content (AvgIpc) is 3.32. The molecule has 3 aromatic carbocycles. The summed E-state index contributed by atoms with van der Waals surface area (Å²) in [6.07, 6.45) is 1.05. The second kappa shape index (κ2) is 10.6. The molecular formula is C25H28Zr. The van der Waals surface area contributed by atoms with Crippen LogP contribution in [-0.4, -0.2) is 3.21 Å². The van der Waals surface area contributed by atoms with E-state index >= 15 is 0 Å². The quantitative estimate of drug-likeness (QED) is 0.326. The molecule has 132 valence electrons. The third-order valence-corrected chi connectivity index (χ3v) is 7.25. The molecule has 0 radical (unpaired) electrons. The van der Waals surface area contributed by atoms with Gasteiger partial charge in [-0.2, -0.15) is 48.0 Å². The fourth-order valence-electron chi connectivity index (χ4n) is 2.99. The summed E-state index contributed by atoms with van der Waals surface area (Å²) >= 11 is 1.61. The van der Waals surface area contributed by atoms with Crippen LogP contribution in [0.15, 0.2) is 72.8 Å². The zero-order valence-electron chi connectivity index (χ0n) is 16.3. The van der Waals surface area contributed by atoms with Crippen molar-refractivity contribution < 1.29 is 24.2 Å². The molecule has 0 unspecified atom stereocenters. The van der Waals surface area contributed by atoms with Crippen LogP contribution in [0.1, 0.15) is 38.8 Å². The van der Waals surface area contributed by atoms with Crippen LogP contribution in [-0.2, 0) is 30.7 Å². The number of fused-ring (bicyclic) bond motifs is 3. The van der Waals surface area contributed by atoms with E-state index in [1.807, 2.05) is 36.4 Å². The molecule has 0 aliphatic heterocycles. The molecule has 0 fully saturated rings. The molecule has 0 aromatic heterocycles. The van der Waals surface area contributed by atoms with Gasteiger partial charge >= 0.3 is 67.0 Å². The Morgan fingerprint density at radius 1 is 0.885 bits per heavy atom. The van der Waals surface area contributed by atoms with E-state index in [1.54, 1.807) is 27.4 Å². The van der Waals surface area contributed by atoms with Gasteiger partial charge in [0, 0.05) is 0 Å². The molecule has 4 rings (SSSR count). The second-order valence-corrected chi connectivity index (χ2v) is 8.54. The first kappa shape index (κ1) is 20.9. The fraction of sp³-hybridized carbons (Fsp3) is 0.280. The van der Waals surface area contributed by atoms with Crippen molar-refractivity contribution in [2.24, 2.45) is 11.8 Å². The maximum Gasteiger partial charge on any atom is -0.0253 e. The first-order chi connectivity index (χ1) is 12.5. The minimum atomic E-state index is 0.799. The fourth-order valence-corrected chi connectivity index (χ4v) is 2.99. The van der Waals surface area contributed by atoms with Gasteiger partial charge in [-0.1, -0.05) is 35.4 Å². The summed E-state index contributed by atoms with van der Waals surface area (Å²) in [5.74, 6) is 1.60. The van der Waals surface area contributed by atoms with Gasteiger partial charge in [-0.05, 0) is 6.42 Å². The number of rotatable bonds is 2. The molecule has 3 aromatic rings. The van der Waals surface area contributed by atoms with Crippen molar-refractivity contribution in [3.63, 3.8) is 0 Å². The molecule has 0 heterocycles. The minimum Gasteiger partial charge on any atom is -0.214 e. The third kappa shape index (κ3) is 6.06. The molecule has 0 atom stereocenters. The Labute approximate surface area is 174 Å². The number of benzene rings is 2. The van der Waals surface area contributed by atoms with Gasteiger partial charge in [0.15, 0.2) is 0 Å². The molecule has 26 heavy (non-hydrogen) atoms. The SMILES string of the molecule is CC(C)[C](=[Zr+2])C(C)C.[c-]1cccc2c1Cc1ccccc1-2.c1cc[cH-]c1. The molecule has 0 N–H and O–H groups in total. The Bertz CT molecular complexity index is 724. The van der Waals surface area contributed by atoms with Crippen molar-refractivity contribution in [1.29, 1.82) is 0 Å². The molecular weight excluding hydrogens is 391 g/mol. The number of hydrogen-bond donors (Lipinski definition) is 0. The van der Waals surface area contributed by atoms with Gasteiger partial charge in [-0.15, -0.1) is 5.56 Å². The standard InChI is InChI=1S/C13H9.C7H14.C5H5.Zr/c1-3-7-12-10(5-1)9-11-6-2-4-8-13(11)12;1-6(2)5-7(3)4;1-2-4-5-3-1;/h1-5,7-8H,9H2;6-7H,1-4H3;1-5H;/q-1;;-1;+2. The Morgan fingerprint density at radius 2 is 1.50 bits per heavy atom. The summed E-state index contributed by atoms with van der Waals surface area (Å²) < 4.78 is 1.69. The van der Waals surface area contributed by atoms with E-state index in [9.17, 15) is 0 Å². The van der Waals surface area contributed by atoms with Gasteiger partial charge in [-0.3, -0.25) is 0 Å². The van der Waals surface area contributed by atoms with Gasteiger partial charge in [0.2, 0.25) is 0 Å². The molecule has 0 saturated heterocycles. The van der Waals surface area contributed by atoms with Crippen LogP contribution in [0, 0.1) is 17.9 Å². The van der Waals surface area contributed by atoms with Crippen molar-refractivity contribution in [2.75, 3.05) is 0 Å². The summed E-state index contributed by atoms with van der Waals surface area (Å²) in [6, 6.07) is 28.1. The average molecular weight is 420 g/mol. The van der Waals surface area contributed by atoms with Crippen molar-refractivity contribution in [2.45, 2.75) is 34.1 Å². The van der Waals surface area contributed by atoms with Gasteiger partial charge in [0.25, 0.3) is 0 Å².